The summed E-state index contributed by atoms with van der Waals surface area (Å²) in [5, 5.41) is 0. The van der Waals surface area contributed by atoms with Crippen LogP contribution in [0.1, 0.15) is 53.4 Å². The Morgan fingerprint density at radius 3 is 2.71 bits per heavy atom. The van der Waals surface area contributed by atoms with Crippen LogP contribution in [0.25, 0.3) is 0 Å². The van der Waals surface area contributed by atoms with Crippen molar-refractivity contribution < 1.29 is 19.1 Å². The Bertz CT molecular complexity index is 521. The van der Waals surface area contributed by atoms with Gasteiger partial charge in [-0.25, -0.2) is 0 Å². The molecule has 21 heavy (non-hydrogen) atoms. The second-order valence-corrected chi connectivity index (χ2v) is 7.30. The number of allylic oxidation sites excluding steroid dienone is 1. The van der Waals surface area contributed by atoms with Gasteiger partial charge in [0.15, 0.2) is 0 Å². The van der Waals surface area contributed by atoms with Crippen LogP contribution in [-0.2, 0) is 19.1 Å². The van der Waals surface area contributed by atoms with E-state index in [-0.39, 0.29) is 35.5 Å². The summed E-state index contributed by atoms with van der Waals surface area (Å²) in [6.45, 7) is 7.82. The minimum absolute atomic E-state index is 0.00560. The first-order valence-corrected chi connectivity index (χ1v) is 7.87. The number of carbonyl (C=O) groups excluding carboxylic acids is 2. The van der Waals surface area contributed by atoms with Gasteiger partial charge < -0.3 is 9.47 Å². The molecule has 3 rings (SSSR count). The second kappa shape index (κ2) is 4.85. The van der Waals surface area contributed by atoms with Crippen LogP contribution in [-0.4, -0.2) is 24.1 Å². The minimum Gasteiger partial charge on any atom is -0.462 e. The quantitative estimate of drug-likeness (QED) is 0.550. The Morgan fingerprint density at radius 1 is 1.33 bits per heavy atom. The highest BCUT2D eigenvalue weighted by atomic mass is 16.6. The van der Waals surface area contributed by atoms with E-state index in [1.807, 2.05) is 6.92 Å². The maximum absolute atomic E-state index is 11.8. The van der Waals surface area contributed by atoms with Crippen LogP contribution in [0, 0.1) is 17.3 Å². The molecule has 1 saturated heterocycles. The Labute approximate surface area is 125 Å². The molecule has 3 aliphatic rings. The summed E-state index contributed by atoms with van der Waals surface area (Å²) in [5.74, 6) is 0.0586. The third kappa shape index (κ3) is 2.39. The summed E-state index contributed by atoms with van der Waals surface area (Å²) in [7, 11) is 0. The number of ether oxygens (including phenoxy) is 2. The standard InChI is InChI=1S/C17H24O4/c1-9-5-12(20-11(3)18)7-17(4)8-15-13(6-14(9)17)10(2)16(19)21-15/h10,12-13,15H,5-8H2,1-4H3. The molecule has 5 unspecified atom stereocenters. The van der Waals surface area contributed by atoms with Crippen LogP contribution >= 0.6 is 0 Å². The van der Waals surface area contributed by atoms with E-state index in [9.17, 15) is 9.59 Å². The fourth-order valence-electron chi connectivity index (χ4n) is 4.64. The van der Waals surface area contributed by atoms with Crippen molar-refractivity contribution in [2.75, 3.05) is 0 Å². The molecule has 0 N–H and O–H groups in total. The van der Waals surface area contributed by atoms with Gasteiger partial charge in [-0.05, 0) is 31.6 Å². The van der Waals surface area contributed by atoms with E-state index in [2.05, 4.69) is 13.8 Å². The molecule has 0 spiro atoms. The molecule has 5 atom stereocenters. The first kappa shape index (κ1) is 14.6. The smallest absolute Gasteiger partial charge is 0.309 e. The van der Waals surface area contributed by atoms with E-state index in [0.717, 1.165) is 25.7 Å². The monoisotopic (exact) mass is 292 g/mol. The van der Waals surface area contributed by atoms with Gasteiger partial charge in [0.1, 0.15) is 12.2 Å². The third-order valence-electron chi connectivity index (χ3n) is 5.64. The molecule has 1 saturated carbocycles. The zero-order valence-electron chi connectivity index (χ0n) is 13.3. The van der Waals surface area contributed by atoms with Crippen molar-refractivity contribution in [2.24, 2.45) is 17.3 Å². The largest absolute Gasteiger partial charge is 0.462 e. The molecule has 2 aliphatic carbocycles. The van der Waals surface area contributed by atoms with Gasteiger partial charge in [-0.1, -0.05) is 25.0 Å². The molecule has 0 aromatic carbocycles. The Hall–Kier alpha value is -1.32. The predicted molar refractivity (Wildman–Crippen MR) is 77.4 cm³/mol. The molecule has 0 amide bonds. The molecule has 4 heteroatoms. The molecule has 0 aromatic heterocycles. The molecule has 0 radical (unpaired) electrons. The average molecular weight is 292 g/mol. The highest BCUT2D eigenvalue weighted by Crippen LogP contribution is 2.55. The van der Waals surface area contributed by atoms with Crippen LogP contribution in [0.15, 0.2) is 11.1 Å². The molecule has 4 nitrogen and oxygen atoms in total. The number of esters is 2. The third-order valence-corrected chi connectivity index (χ3v) is 5.64. The lowest BCUT2D eigenvalue weighted by Gasteiger charge is -2.47. The number of hydrogen-bond acceptors (Lipinski definition) is 4. The first-order valence-electron chi connectivity index (χ1n) is 7.87. The normalized spacial score (nSPS) is 42.2. The molecular weight excluding hydrogens is 268 g/mol. The summed E-state index contributed by atoms with van der Waals surface area (Å²) in [4.78, 5) is 23.1. The lowest BCUT2D eigenvalue weighted by Crippen LogP contribution is -2.42. The number of fused-ring (bicyclic) bond motifs is 2. The molecular formula is C17H24O4. The fraction of sp³-hybridized carbons (Fsp3) is 0.765. The number of hydrogen-bond donors (Lipinski definition) is 0. The molecule has 2 fully saturated rings. The Kier molecular flexibility index (Phi) is 3.38. The van der Waals surface area contributed by atoms with E-state index in [4.69, 9.17) is 9.47 Å². The predicted octanol–water partition coefficient (Wildman–Crippen LogP) is 3.01. The highest BCUT2D eigenvalue weighted by molar-refractivity contribution is 5.75. The summed E-state index contributed by atoms with van der Waals surface area (Å²) in [6.07, 6.45) is 3.47. The van der Waals surface area contributed by atoms with Crippen molar-refractivity contribution in [3.05, 3.63) is 11.1 Å². The Balaban J connectivity index is 1.87. The van der Waals surface area contributed by atoms with E-state index >= 15 is 0 Å². The van der Waals surface area contributed by atoms with Gasteiger partial charge in [0.25, 0.3) is 0 Å². The fourth-order valence-corrected chi connectivity index (χ4v) is 4.64. The van der Waals surface area contributed by atoms with Gasteiger partial charge in [-0.3, -0.25) is 9.59 Å². The van der Waals surface area contributed by atoms with E-state index in [1.54, 1.807) is 0 Å². The maximum Gasteiger partial charge on any atom is 0.309 e. The lowest BCUT2D eigenvalue weighted by atomic mass is 9.59. The minimum atomic E-state index is -0.213. The maximum atomic E-state index is 11.8. The zero-order valence-corrected chi connectivity index (χ0v) is 13.3. The van der Waals surface area contributed by atoms with Gasteiger partial charge in [0.2, 0.25) is 0 Å². The van der Waals surface area contributed by atoms with Crippen molar-refractivity contribution in [1.29, 1.82) is 0 Å². The lowest BCUT2D eigenvalue weighted by molar-refractivity contribution is -0.148. The topological polar surface area (TPSA) is 52.6 Å². The highest BCUT2D eigenvalue weighted by Gasteiger charge is 2.52. The van der Waals surface area contributed by atoms with Crippen molar-refractivity contribution in [3.8, 4) is 0 Å². The number of carbonyl (C=O) groups is 2. The summed E-state index contributed by atoms with van der Waals surface area (Å²) in [5.41, 5.74) is 2.80. The van der Waals surface area contributed by atoms with Gasteiger partial charge in [0.05, 0.1) is 5.92 Å². The van der Waals surface area contributed by atoms with Crippen molar-refractivity contribution in [1.82, 2.24) is 0 Å². The SMILES string of the molecule is CC(=O)OC1CC(C)=C2CC3C(CC2(C)C1)OC(=O)C3C. The first-order chi connectivity index (χ1) is 9.80. The molecule has 116 valence electrons. The van der Waals surface area contributed by atoms with E-state index < -0.39 is 0 Å². The van der Waals surface area contributed by atoms with Crippen molar-refractivity contribution in [2.45, 2.75) is 65.6 Å². The summed E-state index contributed by atoms with van der Waals surface area (Å²) < 4.78 is 11.0. The Morgan fingerprint density at radius 2 is 2.05 bits per heavy atom. The van der Waals surface area contributed by atoms with Gasteiger partial charge in [-0.2, -0.15) is 0 Å². The van der Waals surface area contributed by atoms with Crippen molar-refractivity contribution >= 4 is 11.9 Å². The molecule has 0 aromatic rings. The summed E-state index contributed by atoms with van der Waals surface area (Å²) >= 11 is 0. The number of rotatable bonds is 1. The molecule has 1 heterocycles. The second-order valence-electron chi connectivity index (χ2n) is 7.30. The molecule has 1 aliphatic heterocycles. The van der Waals surface area contributed by atoms with Crippen molar-refractivity contribution in [3.63, 3.8) is 0 Å². The van der Waals surface area contributed by atoms with Gasteiger partial charge in [-0.15, -0.1) is 0 Å². The van der Waals surface area contributed by atoms with E-state index in [0.29, 0.717) is 5.92 Å². The van der Waals surface area contributed by atoms with E-state index in [1.165, 1.54) is 18.1 Å². The van der Waals surface area contributed by atoms with Crippen LogP contribution in [0.2, 0.25) is 0 Å². The average Bonchev–Trinajstić information content (AvgIpc) is 2.60. The van der Waals surface area contributed by atoms with Crippen LogP contribution in [0.4, 0.5) is 0 Å². The van der Waals surface area contributed by atoms with Crippen LogP contribution in [0.5, 0.6) is 0 Å². The molecule has 0 bridgehead atoms. The van der Waals surface area contributed by atoms with Crippen LogP contribution in [0.3, 0.4) is 0 Å². The van der Waals surface area contributed by atoms with Gasteiger partial charge >= 0.3 is 11.9 Å². The van der Waals surface area contributed by atoms with Gasteiger partial charge in [0, 0.05) is 19.3 Å². The zero-order chi connectivity index (χ0) is 15.4. The summed E-state index contributed by atoms with van der Waals surface area (Å²) in [6, 6.07) is 0. The van der Waals surface area contributed by atoms with Crippen LogP contribution < -0.4 is 0 Å².